The fourth-order valence-corrected chi connectivity index (χ4v) is 2.68. The van der Waals surface area contributed by atoms with Crippen LogP contribution in [0, 0.1) is 11.3 Å². The van der Waals surface area contributed by atoms with Crippen LogP contribution in [0.3, 0.4) is 0 Å². The van der Waals surface area contributed by atoms with E-state index in [4.69, 9.17) is 11.1 Å². The average Bonchev–Trinajstić information content (AvgIpc) is 2.49. The molecule has 2 heteroatoms. The van der Waals surface area contributed by atoms with E-state index < -0.39 is 0 Å². The van der Waals surface area contributed by atoms with E-state index in [0.29, 0.717) is 0 Å². The molecule has 0 aliphatic heterocycles. The second-order valence-corrected chi connectivity index (χ2v) is 6.31. The van der Waals surface area contributed by atoms with Crippen LogP contribution in [-0.4, -0.2) is 5.84 Å². The van der Waals surface area contributed by atoms with Gasteiger partial charge in [0.25, 0.3) is 0 Å². The quantitative estimate of drug-likeness (QED) is 0.324. The van der Waals surface area contributed by atoms with E-state index in [2.05, 4.69) is 26.0 Å². The highest BCUT2D eigenvalue weighted by Gasteiger charge is 2.04. The lowest BCUT2D eigenvalue weighted by Crippen LogP contribution is -2.10. The van der Waals surface area contributed by atoms with E-state index in [1.54, 1.807) is 0 Å². The second kappa shape index (κ2) is 10.4. The summed E-state index contributed by atoms with van der Waals surface area (Å²) in [5, 5.41) is 7.39. The number of unbranched alkanes of at least 4 members (excludes halogenated alkanes) is 5. The van der Waals surface area contributed by atoms with Crippen LogP contribution in [0.2, 0.25) is 0 Å². The Kier molecular flexibility index (Phi) is 8.80. The van der Waals surface area contributed by atoms with Gasteiger partial charge in [0.1, 0.15) is 5.84 Å². The molecule has 1 aromatic rings. The Bertz CT molecular complexity index is 395. The Balaban J connectivity index is 2.14. The molecule has 0 saturated heterocycles. The van der Waals surface area contributed by atoms with E-state index in [1.165, 1.54) is 56.9 Å². The van der Waals surface area contributed by atoms with Crippen molar-refractivity contribution in [2.75, 3.05) is 0 Å². The third kappa shape index (κ3) is 7.89. The number of nitrogen functional groups attached to an aromatic ring is 1. The summed E-state index contributed by atoms with van der Waals surface area (Å²) < 4.78 is 0. The van der Waals surface area contributed by atoms with Crippen LogP contribution in [0.4, 0.5) is 0 Å². The van der Waals surface area contributed by atoms with Gasteiger partial charge in [-0.3, -0.25) is 5.41 Å². The summed E-state index contributed by atoms with van der Waals surface area (Å²) in [6, 6.07) is 8.12. The van der Waals surface area contributed by atoms with Crippen LogP contribution >= 0.6 is 0 Å². The Morgan fingerprint density at radius 2 is 1.62 bits per heavy atom. The number of amidine groups is 1. The fraction of sp³-hybridized carbons (Fsp3) is 0.632. The van der Waals surface area contributed by atoms with Crippen LogP contribution < -0.4 is 5.73 Å². The van der Waals surface area contributed by atoms with Crippen molar-refractivity contribution < 1.29 is 0 Å². The van der Waals surface area contributed by atoms with Gasteiger partial charge in [-0.1, -0.05) is 83.1 Å². The minimum atomic E-state index is 0.151. The van der Waals surface area contributed by atoms with Crippen LogP contribution in [0.15, 0.2) is 24.3 Å². The number of hydrogen-bond donors (Lipinski definition) is 2. The summed E-state index contributed by atoms with van der Waals surface area (Å²) in [5.74, 6) is 0.960. The second-order valence-electron chi connectivity index (χ2n) is 6.31. The molecule has 0 aromatic heterocycles. The summed E-state index contributed by atoms with van der Waals surface area (Å²) in [4.78, 5) is 0. The van der Waals surface area contributed by atoms with Gasteiger partial charge in [0, 0.05) is 5.56 Å². The first-order chi connectivity index (χ1) is 10.1. The lowest BCUT2D eigenvalue weighted by atomic mass is 9.95. The van der Waals surface area contributed by atoms with Gasteiger partial charge in [0.15, 0.2) is 0 Å². The molecule has 21 heavy (non-hydrogen) atoms. The highest BCUT2D eigenvalue weighted by atomic mass is 14.7. The van der Waals surface area contributed by atoms with E-state index >= 15 is 0 Å². The van der Waals surface area contributed by atoms with Crippen molar-refractivity contribution in [2.24, 2.45) is 11.7 Å². The normalized spacial score (nSPS) is 12.3. The molecule has 0 amide bonds. The predicted molar refractivity (Wildman–Crippen MR) is 92.9 cm³/mol. The SMILES string of the molecule is CCCCCCCCC(C)CCc1ccc(C(=N)N)cc1. The van der Waals surface area contributed by atoms with E-state index in [9.17, 15) is 0 Å². The maximum atomic E-state index is 7.39. The molecule has 1 atom stereocenters. The average molecular weight is 288 g/mol. The van der Waals surface area contributed by atoms with Gasteiger partial charge in [-0.05, 0) is 24.3 Å². The molecule has 0 bridgehead atoms. The Hall–Kier alpha value is -1.31. The highest BCUT2D eigenvalue weighted by Crippen LogP contribution is 2.17. The van der Waals surface area contributed by atoms with Crippen molar-refractivity contribution in [1.29, 1.82) is 5.41 Å². The highest BCUT2D eigenvalue weighted by molar-refractivity contribution is 5.94. The van der Waals surface area contributed by atoms with Crippen molar-refractivity contribution in [1.82, 2.24) is 0 Å². The molecule has 1 aromatic carbocycles. The summed E-state index contributed by atoms with van der Waals surface area (Å²) in [6.07, 6.45) is 12.1. The Morgan fingerprint density at radius 3 is 2.24 bits per heavy atom. The number of rotatable bonds is 11. The third-order valence-corrected chi connectivity index (χ3v) is 4.24. The molecular formula is C19H32N2. The minimum absolute atomic E-state index is 0.151. The van der Waals surface area contributed by atoms with Crippen LogP contribution in [0.25, 0.3) is 0 Å². The van der Waals surface area contributed by atoms with Gasteiger partial charge in [-0.2, -0.15) is 0 Å². The van der Waals surface area contributed by atoms with Crippen molar-refractivity contribution >= 4 is 5.84 Å². The van der Waals surface area contributed by atoms with Gasteiger partial charge in [0.05, 0.1) is 0 Å². The molecule has 2 nitrogen and oxygen atoms in total. The van der Waals surface area contributed by atoms with Gasteiger partial charge in [0.2, 0.25) is 0 Å². The molecule has 0 heterocycles. The Morgan fingerprint density at radius 1 is 1.00 bits per heavy atom. The predicted octanol–water partition coefficient (Wildman–Crippen LogP) is 5.29. The van der Waals surface area contributed by atoms with E-state index in [-0.39, 0.29) is 5.84 Å². The molecule has 0 saturated carbocycles. The van der Waals surface area contributed by atoms with Crippen molar-refractivity contribution in [2.45, 2.75) is 71.6 Å². The zero-order valence-corrected chi connectivity index (χ0v) is 13.8. The number of nitrogens with one attached hydrogen (secondary N) is 1. The molecule has 1 rings (SSSR count). The first-order valence-corrected chi connectivity index (χ1v) is 8.56. The number of benzene rings is 1. The van der Waals surface area contributed by atoms with Crippen molar-refractivity contribution in [3.8, 4) is 0 Å². The van der Waals surface area contributed by atoms with Crippen molar-refractivity contribution in [3.05, 3.63) is 35.4 Å². The monoisotopic (exact) mass is 288 g/mol. The molecule has 118 valence electrons. The zero-order chi connectivity index (χ0) is 15.5. The standard InChI is InChI=1S/C19H32N2/c1-3-4-5-6-7-8-9-16(2)10-11-17-12-14-18(15-13-17)19(20)21/h12-16H,3-11H2,1-2H3,(H3,20,21). The van der Waals surface area contributed by atoms with E-state index in [0.717, 1.165) is 17.9 Å². The van der Waals surface area contributed by atoms with Gasteiger partial charge in [-0.15, -0.1) is 0 Å². The molecule has 0 radical (unpaired) electrons. The lowest BCUT2D eigenvalue weighted by Gasteiger charge is -2.11. The maximum Gasteiger partial charge on any atom is 0.122 e. The van der Waals surface area contributed by atoms with Gasteiger partial charge >= 0.3 is 0 Å². The number of hydrogen-bond acceptors (Lipinski definition) is 1. The molecule has 0 spiro atoms. The first kappa shape index (κ1) is 17.7. The van der Waals surface area contributed by atoms with Crippen molar-refractivity contribution in [3.63, 3.8) is 0 Å². The van der Waals surface area contributed by atoms with E-state index in [1.807, 2.05) is 12.1 Å². The minimum Gasteiger partial charge on any atom is -0.384 e. The summed E-state index contributed by atoms with van der Waals surface area (Å²) in [5.41, 5.74) is 7.64. The zero-order valence-electron chi connectivity index (χ0n) is 13.8. The largest absolute Gasteiger partial charge is 0.384 e. The molecule has 3 N–H and O–H groups in total. The van der Waals surface area contributed by atoms with Gasteiger partial charge in [-0.25, -0.2) is 0 Å². The number of nitrogens with two attached hydrogens (primary N) is 1. The molecule has 1 unspecified atom stereocenters. The molecule has 0 fully saturated rings. The smallest absolute Gasteiger partial charge is 0.122 e. The topological polar surface area (TPSA) is 49.9 Å². The van der Waals surface area contributed by atoms with Crippen LogP contribution in [-0.2, 0) is 6.42 Å². The summed E-state index contributed by atoms with van der Waals surface area (Å²) in [7, 11) is 0. The van der Waals surface area contributed by atoms with Crippen LogP contribution in [0.5, 0.6) is 0 Å². The fourth-order valence-electron chi connectivity index (χ4n) is 2.68. The first-order valence-electron chi connectivity index (χ1n) is 8.56. The summed E-state index contributed by atoms with van der Waals surface area (Å²) >= 11 is 0. The molecule has 0 aliphatic carbocycles. The molecule has 0 aliphatic rings. The molecular weight excluding hydrogens is 256 g/mol. The third-order valence-electron chi connectivity index (χ3n) is 4.24. The lowest BCUT2D eigenvalue weighted by molar-refractivity contribution is 0.456. The number of aryl methyl sites for hydroxylation is 1. The maximum absolute atomic E-state index is 7.39. The Labute approximate surface area is 130 Å². The summed E-state index contributed by atoms with van der Waals surface area (Å²) in [6.45, 7) is 4.64. The van der Waals surface area contributed by atoms with Crippen LogP contribution in [0.1, 0.15) is 76.3 Å². The van der Waals surface area contributed by atoms with Gasteiger partial charge < -0.3 is 5.73 Å².